The van der Waals surface area contributed by atoms with Gasteiger partial charge in [0.05, 0.1) is 18.2 Å². The zero-order chi connectivity index (χ0) is 21.3. The Hall–Kier alpha value is -2.93. The number of ether oxygens (including phenoxy) is 2. The molecule has 2 aromatic carbocycles. The number of carbonyl (C=O) groups excluding carboxylic acids is 2. The summed E-state index contributed by atoms with van der Waals surface area (Å²) < 4.78 is 11.3. The van der Waals surface area contributed by atoms with E-state index in [0.29, 0.717) is 42.8 Å². The quantitative estimate of drug-likeness (QED) is 0.704. The van der Waals surface area contributed by atoms with Gasteiger partial charge in [-0.25, -0.2) is 4.79 Å². The first kappa shape index (κ1) is 21.8. The fraction of sp³-hybridized carbons (Fsp3) is 0.364. The highest BCUT2D eigenvalue weighted by molar-refractivity contribution is 6.32. The maximum absolute atomic E-state index is 12.2. The van der Waals surface area contributed by atoms with Gasteiger partial charge >= 0.3 is 6.03 Å². The van der Waals surface area contributed by atoms with Gasteiger partial charge in [-0.2, -0.15) is 0 Å². The van der Waals surface area contributed by atoms with E-state index in [0.717, 1.165) is 17.5 Å². The van der Waals surface area contributed by atoms with Gasteiger partial charge < -0.3 is 25.0 Å². The van der Waals surface area contributed by atoms with Crippen LogP contribution in [0.15, 0.2) is 42.5 Å². The van der Waals surface area contributed by atoms with E-state index in [1.54, 1.807) is 18.0 Å². The summed E-state index contributed by atoms with van der Waals surface area (Å²) in [5.41, 5.74) is 1.87. The molecule has 0 saturated heterocycles. The summed E-state index contributed by atoms with van der Waals surface area (Å²) in [4.78, 5) is 25.9. The molecule has 1 heterocycles. The number of hydrogen-bond donors (Lipinski definition) is 2. The predicted octanol–water partition coefficient (Wildman–Crippen LogP) is 3.35. The summed E-state index contributed by atoms with van der Waals surface area (Å²) in [5, 5.41) is 6.05. The van der Waals surface area contributed by atoms with Crippen molar-refractivity contribution in [3.63, 3.8) is 0 Å². The molecule has 1 aliphatic heterocycles. The number of amides is 3. The van der Waals surface area contributed by atoms with Crippen molar-refractivity contribution in [3.8, 4) is 11.5 Å². The van der Waals surface area contributed by atoms with E-state index in [4.69, 9.17) is 21.1 Å². The normalized spacial score (nSPS) is 12.6. The van der Waals surface area contributed by atoms with Crippen LogP contribution in [0.25, 0.3) is 0 Å². The van der Waals surface area contributed by atoms with E-state index in [2.05, 4.69) is 10.6 Å². The molecule has 0 saturated carbocycles. The number of nitrogens with one attached hydrogen (secondary N) is 2. The third-order valence-corrected chi connectivity index (χ3v) is 4.87. The van der Waals surface area contributed by atoms with Crippen LogP contribution in [-0.4, -0.2) is 43.6 Å². The molecule has 0 fully saturated rings. The highest BCUT2D eigenvalue weighted by Crippen LogP contribution is 2.37. The molecule has 0 unspecified atom stereocenters. The van der Waals surface area contributed by atoms with Gasteiger partial charge in [0, 0.05) is 39.5 Å². The second-order valence-corrected chi connectivity index (χ2v) is 7.46. The average molecular weight is 432 g/mol. The van der Waals surface area contributed by atoms with Gasteiger partial charge in [-0.1, -0.05) is 41.9 Å². The molecule has 0 bridgehead atoms. The standard InChI is InChI=1S/C22H26ClN3O4/c1-26(15-16-6-3-2-4-7-16)22(28)24-9-8-20(27)25-14-17-12-18(23)21-19(13-17)29-10-5-11-30-21/h2-4,6-7,12-13H,5,8-11,14-15H2,1H3,(H,24,28)(H,25,27). The SMILES string of the molecule is CN(Cc1ccccc1)C(=O)NCCC(=O)NCc1cc(Cl)c2c(c1)OCCCO2. The van der Waals surface area contributed by atoms with Gasteiger partial charge in [-0.05, 0) is 23.3 Å². The minimum Gasteiger partial charge on any atom is -0.489 e. The van der Waals surface area contributed by atoms with Crippen molar-refractivity contribution in [2.24, 2.45) is 0 Å². The molecule has 2 N–H and O–H groups in total. The molecule has 1 aliphatic rings. The van der Waals surface area contributed by atoms with Gasteiger partial charge in [0.1, 0.15) is 0 Å². The molecule has 7 nitrogen and oxygen atoms in total. The van der Waals surface area contributed by atoms with Crippen molar-refractivity contribution in [1.82, 2.24) is 15.5 Å². The number of halogens is 1. The lowest BCUT2D eigenvalue weighted by Gasteiger charge is -2.18. The Bertz CT molecular complexity index is 876. The van der Waals surface area contributed by atoms with Crippen molar-refractivity contribution in [2.45, 2.75) is 25.9 Å². The molecular formula is C22H26ClN3O4. The highest BCUT2D eigenvalue weighted by Gasteiger charge is 2.16. The lowest BCUT2D eigenvalue weighted by Crippen LogP contribution is -2.38. The minimum absolute atomic E-state index is 0.163. The first-order valence-corrected chi connectivity index (χ1v) is 10.3. The zero-order valence-electron chi connectivity index (χ0n) is 16.9. The van der Waals surface area contributed by atoms with E-state index in [1.165, 1.54) is 0 Å². The van der Waals surface area contributed by atoms with E-state index >= 15 is 0 Å². The monoisotopic (exact) mass is 431 g/mol. The second-order valence-electron chi connectivity index (χ2n) is 7.06. The number of urea groups is 1. The van der Waals surface area contributed by atoms with Gasteiger partial charge in [-0.3, -0.25) is 4.79 Å². The average Bonchev–Trinajstić information content (AvgIpc) is 2.99. The number of rotatable bonds is 7. The number of fused-ring (bicyclic) bond motifs is 1. The van der Waals surface area contributed by atoms with Crippen LogP contribution in [0.4, 0.5) is 4.79 Å². The fourth-order valence-corrected chi connectivity index (χ4v) is 3.31. The van der Waals surface area contributed by atoms with Crippen molar-refractivity contribution in [1.29, 1.82) is 0 Å². The van der Waals surface area contributed by atoms with Crippen molar-refractivity contribution >= 4 is 23.5 Å². The number of nitrogens with zero attached hydrogens (tertiary/aromatic N) is 1. The summed E-state index contributed by atoms with van der Waals surface area (Å²) in [7, 11) is 1.72. The largest absolute Gasteiger partial charge is 0.489 e. The fourth-order valence-electron chi connectivity index (χ4n) is 3.02. The summed E-state index contributed by atoms with van der Waals surface area (Å²) in [6, 6.07) is 13.1. The van der Waals surface area contributed by atoms with Crippen LogP contribution in [0.3, 0.4) is 0 Å². The Morgan fingerprint density at radius 3 is 2.63 bits per heavy atom. The topological polar surface area (TPSA) is 79.9 Å². The summed E-state index contributed by atoms with van der Waals surface area (Å²) in [5.74, 6) is 0.980. The van der Waals surface area contributed by atoms with Crippen molar-refractivity contribution in [3.05, 3.63) is 58.6 Å². The molecule has 0 aromatic heterocycles. The van der Waals surface area contributed by atoms with Crippen LogP contribution in [0.5, 0.6) is 11.5 Å². The molecule has 8 heteroatoms. The Balaban J connectivity index is 1.40. The highest BCUT2D eigenvalue weighted by atomic mass is 35.5. The second kappa shape index (κ2) is 10.7. The molecular weight excluding hydrogens is 406 g/mol. The molecule has 160 valence electrons. The predicted molar refractivity (Wildman–Crippen MR) is 115 cm³/mol. The van der Waals surface area contributed by atoms with Gasteiger partial charge in [0.25, 0.3) is 0 Å². The van der Waals surface area contributed by atoms with E-state index < -0.39 is 0 Å². The molecule has 0 atom stereocenters. The van der Waals surface area contributed by atoms with Crippen molar-refractivity contribution in [2.75, 3.05) is 26.8 Å². The van der Waals surface area contributed by atoms with Gasteiger partial charge in [0.2, 0.25) is 5.91 Å². The number of hydrogen-bond acceptors (Lipinski definition) is 4. The maximum Gasteiger partial charge on any atom is 0.317 e. The number of carbonyl (C=O) groups is 2. The van der Waals surface area contributed by atoms with E-state index in [-0.39, 0.29) is 24.9 Å². The minimum atomic E-state index is -0.221. The number of benzene rings is 2. The third kappa shape index (κ3) is 6.29. The van der Waals surface area contributed by atoms with Crippen LogP contribution >= 0.6 is 11.6 Å². The van der Waals surface area contributed by atoms with Crippen molar-refractivity contribution < 1.29 is 19.1 Å². The summed E-state index contributed by atoms with van der Waals surface area (Å²) in [6.07, 6.45) is 0.979. The van der Waals surface area contributed by atoms with Crippen LogP contribution in [0.2, 0.25) is 5.02 Å². The Morgan fingerprint density at radius 2 is 1.83 bits per heavy atom. The molecule has 3 amide bonds. The maximum atomic E-state index is 12.2. The lowest BCUT2D eigenvalue weighted by molar-refractivity contribution is -0.121. The Labute approximate surface area is 181 Å². The summed E-state index contributed by atoms with van der Waals surface area (Å²) >= 11 is 6.27. The first-order chi connectivity index (χ1) is 14.5. The molecule has 3 rings (SSSR count). The molecule has 30 heavy (non-hydrogen) atoms. The first-order valence-electron chi connectivity index (χ1n) is 9.90. The van der Waals surface area contributed by atoms with Gasteiger partial charge in [0.15, 0.2) is 11.5 Å². The van der Waals surface area contributed by atoms with Crippen LogP contribution < -0.4 is 20.1 Å². The van der Waals surface area contributed by atoms with Crippen LogP contribution in [0.1, 0.15) is 24.0 Å². The molecule has 0 spiro atoms. The smallest absolute Gasteiger partial charge is 0.317 e. The third-order valence-electron chi connectivity index (χ3n) is 4.59. The van der Waals surface area contributed by atoms with Crippen LogP contribution in [-0.2, 0) is 17.9 Å². The van der Waals surface area contributed by atoms with Crippen LogP contribution in [0, 0.1) is 0 Å². The Morgan fingerprint density at radius 1 is 1.07 bits per heavy atom. The lowest BCUT2D eigenvalue weighted by atomic mass is 10.2. The zero-order valence-corrected chi connectivity index (χ0v) is 17.7. The molecule has 2 aromatic rings. The van der Waals surface area contributed by atoms with Gasteiger partial charge in [-0.15, -0.1) is 0 Å². The van der Waals surface area contributed by atoms with E-state index in [1.807, 2.05) is 36.4 Å². The Kier molecular flexibility index (Phi) is 7.79. The molecule has 0 aliphatic carbocycles. The van der Waals surface area contributed by atoms with E-state index in [9.17, 15) is 9.59 Å². The summed E-state index contributed by atoms with van der Waals surface area (Å²) in [6.45, 7) is 2.21. The molecule has 0 radical (unpaired) electrons.